The van der Waals surface area contributed by atoms with Gasteiger partial charge in [-0.15, -0.1) is 0 Å². The summed E-state index contributed by atoms with van der Waals surface area (Å²) in [5, 5.41) is 2.64. The average molecular weight is 299 g/mol. The standard InChI is InChI=1S/C22H21N/c1-16(2)15-17-9-3-6-12-20(17)23-21-13-7-4-10-18(21)19-11-5-8-14-22(19)23/h3-14,16H,15H2,1-2H3. The van der Waals surface area contributed by atoms with E-state index in [1.54, 1.807) is 0 Å². The Morgan fingerprint density at radius 3 is 1.83 bits per heavy atom. The van der Waals surface area contributed by atoms with Gasteiger partial charge in [-0.25, -0.2) is 0 Å². The molecule has 0 fully saturated rings. The van der Waals surface area contributed by atoms with E-state index < -0.39 is 0 Å². The molecular formula is C22H21N. The highest BCUT2D eigenvalue weighted by molar-refractivity contribution is 6.09. The van der Waals surface area contributed by atoms with Crippen LogP contribution < -0.4 is 0 Å². The zero-order chi connectivity index (χ0) is 15.8. The van der Waals surface area contributed by atoms with E-state index in [4.69, 9.17) is 0 Å². The zero-order valence-electron chi connectivity index (χ0n) is 13.7. The van der Waals surface area contributed by atoms with Gasteiger partial charge in [0.1, 0.15) is 0 Å². The Hall–Kier alpha value is -2.54. The summed E-state index contributed by atoms with van der Waals surface area (Å²) in [7, 11) is 0. The van der Waals surface area contributed by atoms with Crippen molar-refractivity contribution in [3.05, 3.63) is 78.4 Å². The van der Waals surface area contributed by atoms with Crippen molar-refractivity contribution in [2.75, 3.05) is 0 Å². The van der Waals surface area contributed by atoms with Crippen molar-refractivity contribution >= 4 is 21.8 Å². The number of hydrogen-bond acceptors (Lipinski definition) is 0. The van der Waals surface area contributed by atoms with E-state index >= 15 is 0 Å². The SMILES string of the molecule is CC(C)Cc1ccccc1-n1c2ccccc2c2ccccc21. The summed E-state index contributed by atoms with van der Waals surface area (Å²) in [6, 6.07) is 26.2. The number of hydrogen-bond donors (Lipinski definition) is 0. The van der Waals surface area contributed by atoms with Gasteiger partial charge in [0.25, 0.3) is 0 Å². The smallest absolute Gasteiger partial charge is 0.0541 e. The summed E-state index contributed by atoms with van der Waals surface area (Å²) >= 11 is 0. The second kappa shape index (κ2) is 5.58. The maximum Gasteiger partial charge on any atom is 0.0541 e. The summed E-state index contributed by atoms with van der Waals surface area (Å²) in [5.74, 6) is 0.643. The number of para-hydroxylation sites is 3. The first-order valence-corrected chi connectivity index (χ1v) is 8.32. The van der Waals surface area contributed by atoms with Gasteiger partial charge in [0.05, 0.1) is 11.0 Å². The molecule has 0 aliphatic carbocycles. The second-order valence-corrected chi connectivity index (χ2v) is 6.60. The molecule has 0 bridgehead atoms. The molecule has 1 heteroatoms. The predicted molar refractivity (Wildman–Crippen MR) is 99.3 cm³/mol. The van der Waals surface area contributed by atoms with Gasteiger partial charge < -0.3 is 4.57 Å². The molecule has 0 saturated carbocycles. The molecule has 23 heavy (non-hydrogen) atoms. The first kappa shape index (κ1) is 14.1. The molecule has 1 nitrogen and oxygen atoms in total. The molecule has 0 aliphatic heterocycles. The highest BCUT2D eigenvalue weighted by Crippen LogP contribution is 2.33. The summed E-state index contributed by atoms with van der Waals surface area (Å²) in [6.07, 6.45) is 1.09. The lowest BCUT2D eigenvalue weighted by molar-refractivity contribution is 0.645. The lowest BCUT2D eigenvalue weighted by Crippen LogP contribution is -2.02. The molecule has 1 aromatic heterocycles. The zero-order valence-corrected chi connectivity index (χ0v) is 13.7. The van der Waals surface area contributed by atoms with Crippen LogP contribution in [-0.4, -0.2) is 4.57 Å². The summed E-state index contributed by atoms with van der Waals surface area (Å²) < 4.78 is 2.42. The lowest BCUT2D eigenvalue weighted by Gasteiger charge is -2.15. The van der Waals surface area contributed by atoms with Gasteiger partial charge in [-0.05, 0) is 36.1 Å². The Balaban J connectivity index is 2.09. The van der Waals surface area contributed by atoms with Crippen LogP contribution in [0.3, 0.4) is 0 Å². The van der Waals surface area contributed by atoms with E-state index in [1.807, 2.05) is 0 Å². The van der Waals surface area contributed by atoms with Gasteiger partial charge in [-0.3, -0.25) is 0 Å². The molecule has 0 aliphatic rings. The van der Waals surface area contributed by atoms with E-state index in [0.29, 0.717) is 5.92 Å². The molecule has 114 valence electrons. The first-order valence-electron chi connectivity index (χ1n) is 8.32. The monoisotopic (exact) mass is 299 g/mol. The highest BCUT2D eigenvalue weighted by atomic mass is 15.0. The Kier molecular flexibility index (Phi) is 3.42. The van der Waals surface area contributed by atoms with Crippen LogP contribution in [0.15, 0.2) is 72.8 Å². The van der Waals surface area contributed by atoms with Crippen LogP contribution in [0.25, 0.3) is 27.5 Å². The van der Waals surface area contributed by atoms with E-state index in [2.05, 4.69) is 91.2 Å². The first-order chi connectivity index (χ1) is 11.3. The predicted octanol–water partition coefficient (Wildman–Crippen LogP) is 5.98. The van der Waals surface area contributed by atoms with Gasteiger partial charge in [0, 0.05) is 16.5 Å². The topological polar surface area (TPSA) is 4.93 Å². The quantitative estimate of drug-likeness (QED) is 0.438. The molecule has 4 rings (SSSR count). The third-order valence-electron chi connectivity index (χ3n) is 4.44. The normalized spacial score (nSPS) is 11.6. The maximum absolute atomic E-state index is 2.42. The number of rotatable bonds is 3. The van der Waals surface area contributed by atoms with Crippen molar-refractivity contribution < 1.29 is 0 Å². The van der Waals surface area contributed by atoms with Crippen LogP contribution in [0.1, 0.15) is 19.4 Å². The molecule has 1 heterocycles. The molecule has 0 amide bonds. The van der Waals surface area contributed by atoms with Crippen molar-refractivity contribution in [3.63, 3.8) is 0 Å². The molecular weight excluding hydrogens is 278 g/mol. The number of fused-ring (bicyclic) bond motifs is 3. The summed E-state index contributed by atoms with van der Waals surface area (Å²) in [4.78, 5) is 0. The van der Waals surface area contributed by atoms with Crippen LogP contribution in [0.5, 0.6) is 0 Å². The number of nitrogens with zero attached hydrogens (tertiary/aromatic N) is 1. The molecule has 0 radical (unpaired) electrons. The molecule has 0 unspecified atom stereocenters. The second-order valence-electron chi connectivity index (χ2n) is 6.60. The van der Waals surface area contributed by atoms with Gasteiger partial charge in [-0.1, -0.05) is 68.4 Å². The Labute approximate surface area is 137 Å². The number of aromatic nitrogens is 1. The third kappa shape index (κ3) is 2.33. The highest BCUT2D eigenvalue weighted by Gasteiger charge is 2.14. The van der Waals surface area contributed by atoms with Crippen LogP contribution >= 0.6 is 0 Å². The Morgan fingerprint density at radius 2 is 1.22 bits per heavy atom. The minimum atomic E-state index is 0.643. The molecule has 3 aromatic carbocycles. The van der Waals surface area contributed by atoms with E-state index in [1.165, 1.54) is 33.1 Å². The van der Waals surface area contributed by atoms with Gasteiger partial charge in [0.15, 0.2) is 0 Å². The van der Waals surface area contributed by atoms with Crippen LogP contribution in [0.2, 0.25) is 0 Å². The van der Waals surface area contributed by atoms with Crippen LogP contribution in [-0.2, 0) is 6.42 Å². The summed E-state index contributed by atoms with van der Waals surface area (Å²) in [6.45, 7) is 4.56. The van der Waals surface area contributed by atoms with Crippen molar-refractivity contribution in [1.29, 1.82) is 0 Å². The van der Waals surface area contributed by atoms with E-state index in [0.717, 1.165) is 6.42 Å². The van der Waals surface area contributed by atoms with Crippen LogP contribution in [0.4, 0.5) is 0 Å². The van der Waals surface area contributed by atoms with Crippen molar-refractivity contribution in [2.45, 2.75) is 20.3 Å². The molecule has 0 spiro atoms. The minimum Gasteiger partial charge on any atom is -0.309 e. The number of benzene rings is 3. The largest absolute Gasteiger partial charge is 0.309 e. The minimum absolute atomic E-state index is 0.643. The van der Waals surface area contributed by atoms with Crippen molar-refractivity contribution in [1.82, 2.24) is 4.57 Å². The van der Waals surface area contributed by atoms with Crippen molar-refractivity contribution in [2.24, 2.45) is 5.92 Å². The molecule has 0 N–H and O–H groups in total. The van der Waals surface area contributed by atoms with E-state index in [-0.39, 0.29) is 0 Å². The van der Waals surface area contributed by atoms with Gasteiger partial charge in [0.2, 0.25) is 0 Å². The maximum atomic E-state index is 2.42. The Bertz CT molecular complexity index is 922. The molecule has 0 atom stereocenters. The molecule has 4 aromatic rings. The summed E-state index contributed by atoms with van der Waals surface area (Å²) in [5.41, 5.74) is 5.28. The lowest BCUT2D eigenvalue weighted by atomic mass is 10.0. The fraction of sp³-hybridized carbons (Fsp3) is 0.182. The molecule has 0 saturated heterocycles. The third-order valence-corrected chi connectivity index (χ3v) is 4.44. The Morgan fingerprint density at radius 1 is 0.696 bits per heavy atom. The average Bonchev–Trinajstić information content (AvgIpc) is 2.90. The van der Waals surface area contributed by atoms with Crippen molar-refractivity contribution in [3.8, 4) is 5.69 Å². The van der Waals surface area contributed by atoms with Gasteiger partial charge >= 0.3 is 0 Å². The fourth-order valence-electron chi connectivity index (χ4n) is 3.52. The van der Waals surface area contributed by atoms with Gasteiger partial charge in [-0.2, -0.15) is 0 Å². The van der Waals surface area contributed by atoms with E-state index in [9.17, 15) is 0 Å². The fourth-order valence-corrected chi connectivity index (χ4v) is 3.52. The van der Waals surface area contributed by atoms with Crippen LogP contribution in [0, 0.1) is 5.92 Å².